The van der Waals surface area contributed by atoms with E-state index in [1.165, 1.54) is 0 Å². The highest BCUT2D eigenvalue weighted by Gasteiger charge is 2.27. The highest BCUT2D eigenvalue weighted by molar-refractivity contribution is 5.81. The van der Waals surface area contributed by atoms with Crippen molar-refractivity contribution in [1.82, 2.24) is 15.1 Å². The lowest BCUT2D eigenvalue weighted by Crippen LogP contribution is -2.52. The third kappa shape index (κ3) is 5.41. The standard InChI is InChI=1S/C16H33N3O/c1-12(2)11-15(16(20)18(5)6)17-14-7-9-19(10-8-14)13(3)4/h12-15,17H,7-11H2,1-6H3. The molecule has 0 aliphatic carbocycles. The Morgan fingerprint density at radius 1 is 1.20 bits per heavy atom. The van der Waals surface area contributed by atoms with Gasteiger partial charge >= 0.3 is 0 Å². The molecule has 118 valence electrons. The van der Waals surface area contributed by atoms with Gasteiger partial charge in [0.15, 0.2) is 0 Å². The van der Waals surface area contributed by atoms with Gasteiger partial charge in [-0.2, -0.15) is 0 Å². The van der Waals surface area contributed by atoms with Gasteiger partial charge in [0.2, 0.25) is 5.91 Å². The first kappa shape index (κ1) is 17.4. The largest absolute Gasteiger partial charge is 0.347 e. The van der Waals surface area contributed by atoms with Crippen molar-refractivity contribution >= 4 is 5.91 Å². The van der Waals surface area contributed by atoms with E-state index in [4.69, 9.17) is 0 Å². The number of hydrogen-bond acceptors (Lipinski definition) is 3. The molecule has 1 amide bonds. The predicted molar refractivity (Wildman–Crippen MR) is 84.8 cm³/mol. The van der Waals surface area contributed by atoms with Gasteiger partial charge in [-0.1, -0.05) is 13.8 Å². The summed E-state index contributed by atoms with van der Waals surface area (Å²) in [5, 5.41) is 3.61. The van der Waals surface area contributed by atoms with Crippen LogP contribution < -0.4 is 5.32 Å². The van der Waals surface area contributed by atoms with Crippen LogP contribution in [0.25, 0.3) is 0 Å². The van der Waals surface area contributed by atoms with Gasteiger partial charge in [0.25, 0.3) is 0 Å². The summed E-state index contributed by atoms with van der Waals surface area (Å²) >= 11 is 0. The molecule has 0 saturated carbocycles. The average molecular weight is 283 g/mol. The molecule has 1 rings (SSSR count). The van der Waals surface area contributed by atoms with E-state index in [1.54, 1.807) is 4.90 Å². The lowest BCUT2D eigenvalue weighted by molar-refractivity contribution is -0.131. The average Bonchev–Trinajstić information content (AvgIpc) is 2.37. The van der Waals surface area contributed by atoms with Gasteiger partial charge in [-0.15, -0.1) is 0 Å². The SMILES string of the molecule is CC(C)CC(NC1CCN(C(C)C)CC1)C(=O)N(C)C. The van der Waals surface area contributed by atoms with Gasteiger partial charge in [0, 0.05) is 26.2 Å². The lowest BCUT2D eigenvalue weighted by atomic mass is 9.98. The molecule has 1 heterocycles. The van der Waals surface area contributed by atoms with Gasteiger partial charge in [0.1, 0.15) is 0 Å². The van der Waals surface area contributed by atoms with E-state index >= 15 is 0 Å². The molecule has 4 nitrogen and oxygen atoms in total. The summed E-state index contributed by atoms with van der Waals surface area (Å²) in [6, 6.07) is 1.09. The summed E-state index contributed by atoms with van der Waals surface area (Å²) in [6.45, 7) is 11.1. The van der Waals surface area contributed by atoms with E-state index in [0.717, 1.165) is 32.4 Å². The number of hydrogen-bond donors (Lipinski definition) is 1. The fourth-order valence-electron chi connectivity index (χ4n) is 2.89. The minimum absolute atomic E-state index is 0.0272. The number of amides is 1. The molecule has 0 spiro atoms. The first-order valence-corrected chi connectivity index (χ1v) is 8.02. The van der Waals surface area contributed by atoms with Gasteiger partial charge in [-0.3, -0.25) is 4.79 Å². The van der Waals surface area contributed by atoms with E-state index in [0.29, 0.717) is 18.0 Å². The van der Waals surface area contributed by atoms with Crippen LogP contribution in [0.15, 0.2) is 0 Å². The van der Waals surface area contributed by atoms with Gasteiger partial charge in [-0.05, 0) is 52.1 Å². The van der Waals surface area contributed by atoms with Crippen molar-refractivity contribution in [2.24, 2.45) is 5.92 Å². The zero-order valence-electron chi connectivity index (χ0n) is 14.1. The van der Waals surface area contributed by atoms with Crippen LogP contribution >= 0.6 is 0 Å². The second kappa shape index (κ2) is 7.99. The van der Waals surface area contributed by atoms with Gasteiger partial charge in [-0.25, -0.2) is 0 Å². The fraction of sp³-hybridized carbons (Fsp3) is 0.938. The summed E-state index contributed by atoms with van der Waals surface area (Å²) in [5.41, 5.74) is 0. The molecule has 1 saturated heterocycles. The summed E-state index contributed by atoms with van der Waals surface area (Å²) in [6.07, 6.45) is 3.21. The van der Waals surface area contributed by atoms with Crippen LogP contribution in [0.3, 0.4) is 0 Å². The smallest absolute Gasteiger partial charge is 0.239 e. The Bertz CT molecular complexity index is 294. The van der Waals surface area contributed by atoms with Crippen LogP contribution in [0, 0.1) is 5.92 Å². The second-order valence-electron chi connectivity index (χ2n) is 6.99. The maximum Gasteiger partial charge on any atom is 0.239 e. The van der Waals surface area contributed by atoms with Gasteiger partial charge in [0.05, 0.1) is 6.04 Å². The molecule has 1 unspecified atom stereocenters. The van der Waals surface area contributed by atoms with Crippen molar-refractivity contribution in [2.45, 2.75) is 65.1 Å². The zero-order chi connectivity index (χ0) is 15.3. The molecule has 1 fully saturated rings. The van der Waals surface area contributed by atoms with Crippen LogP contribution in [0.2, 0.25) is 0 Å². The van der Waals surface area contributed by atoms with Crippen molar-refractivity contribution in [3.05, 3.63) is 0 Å². The van der Waals surface area contributed by atoms with Crippen LogP contribution in [-0.4, -0.2) is 61.0 Å². The number of rotatable bonds is 6. The maximum absolute atomic E-state index is 12.3. The molecule has 1 aliphatic rings. The molecular weight excluding hydrogens is 250 g/mol. The maximum atomic E-state index is 12.3. The number of piperidine rings is 1. The van der Waals surface area contributed by atoms with Crippen molar-refractivity contribution in [3.8, 4) is 0 Å². The summed E-state index contributed by atoms with van der Waals surface area (Å²) in [5.74, 6) is 0.747. The Morgan fingerprint density at radius 3 is 2.15 bits per heavy atom. The first-order valence-electron chi connectivity index (χ1n) is 8.02. The first-order chi connectivity index (χ1) is 9.31. The molecule has 1 atom stereocenters. The lowest BCUT2D eigenvalue weighted by Gasteiger charge is -2.37. The Labute approximate surface area is 124 Å². The molecule has 1 N–H and O–H groups in total. The molecule has 0 aromatic rings. The number of nitrogens with one attached hydrogen (secondary N) is 1. The molecule has 0 bridgehead atoms. The van der Waals surface area contributed by atoms with Crippen LogP contribution in [0.1, 0.15) is 47.0 Å². The molecule has 1 aliphatic heterocycles. The van der Waals surface area contributed by atoms with Crippen molar-refractivity contribution in [1.29, 1.82) is 0 Å². The monoisotopic (exact) mass is 283 g/mol. The minimum Gasteiger partial charge on any atom is -0.347 e. The van der Waals surface area contributed by atoms with E-state index < -0.39 is 0 Å². The zero-order valence-corrected chi connectivity index (χ0v) is 14.1. The minimum atomic E-state index is -0.0272. The molecule has 20 heavy (non-hydrogen) atoms. The molecule has 4 heteroatoms. The molecule has 0 radical (unpaired) electrons. The number of likely N-dealkylation sites (N-methyl/N-ethyl adjacent to an activating group) is 1. The predicted octanol–water partition coefficient (Wildman–Crippen LogP) is 1.95. The van der Waals surface area contributed by atoms with E-state index in [-0.39, 0.29) is 11.9 Å². The Balaban J connectivity index is 2.52. The quantitative estimate of drug-likeness (QED) is 0.809. The summed E-state index contributed by atoms with van der Waals surface area (Å²) in [4.78, 5) is 16.5. The Morgan fingerprint density at radius 2 is 1.75 bits per heavy atom. The highest BCUT2D eigenvalue weighted by Crippen LogP contribution is 2.15. The molecule has 0 aromatic heterocycles. The molecule has 0 aromatic carbocycles. The van der Waals surface area contributed by atoms with Crippen LogP contribution in [0.5, 0.6) is 0 Å². The third-order valence-corrected chi connectivity index (χ3v) is 4.14. The number of carbonyl (C=O) groups excluding carboxylic acids is 1. The Kier molecular flexibility index (Phi) is 6.96. The normalized spacial score (nSPS) is 19.6. The van der Waals surface area contributed by atoms with Crippen LogP contribution in [-0.2, 0) is 4.79 Å². The Hall–Kier alpha value is -0.610. The van der Waals surface area contributed by atoms with Gasteiger partial charge < -0.3 is 15.1 Å². The number of carbonyl (C=O) groups is 1. The van der Waals surface area contributed by atoms with E-state index in [2.05, 4.69) is 37.9 Å². The van der Waals surface area contributed by atoms with E-state index in [1.807, 2.05) is 14.1 Å². The van der Waals surface area contributed by atoms with Crippen LogP contribution in [0.4, 0.5) is 0 Å². The van der Waals surface area contributed by atoms with Crippen molar-refractivity contribution in [2.75, 3.05) is 27.2 Å². The van der Waals surface area contributed by atoms with Crippen molar-refractivity contribution in [3.63, 3.8) is 0 Å². The third-order valence-electron chi connectivity index (χ3n) is 4.14. The van der Waals surface area contributed by atoms with Crippen molar-refractivity contribution < 1.29 is 4.79 Å². The topological polar surface area (TPSA) is 35.6 Å². The number of likely N-dealkylation sites (tertiary alicyclic amines) is 1. The molecular formula is C16H33N3O. The second-order valence-corrected chi connectivity index (χ2v) is 6.99. The highest BCUT2D eigenvalue weighted by atomic mass is 16.2. The summed E-state index contributed by atoms with van der Waals surface area (Å²) < 4.78 is 0. The fourth-order valence-corrected chi connectivity index (χ4v) is 2.89. The van der Waals surface area contributed by atoms with E-state index in [9.17, 15) is 4.79 Å². The summed E-state index contributed by atoms with van der Waals surface area (Å²) in [7, 11) is 3.69. The number of nitrogens with zero attached hydrogens (tertiary/aromatic N) is 2.